The van der Waals surface area contributed by atoms with Crippen LogP contribution >= 0.6 is 0 Å². The topological polar surface area (TPSA) is 78.5 Å². The Morgan fingerprint density at radius 3 is 2.18 bits per heavy atom. The van der Waals surface area contributed by atoms with Crippen molar-refractivity contribution < 1.29 is 40.7 Å². The second-order valence-corrected chi connectivity index (χ2v) is 6.15. The number of benzene rings is 1. The van der Waals surface area contributed by atoms with E-state index in [1.54, 1.807) is 5.32 Å². The number of nitrogens with zero attached hydrogens (tertiary/aromatic N) is 1. The molecule has 1 heterocycles. The molecular formula is C16H15F6N3O3. The summed E-state index contributed by atoms with van der Waals surface area (Å²) < 4.78 is 73.4. The Morgan fingerprint density at radius 2 is 1.64 bits per heavy atom. The smallest absolute Gasteiger partial charge is 0.343 e. The number of amides is 3. The number of halogens is 6. The molecule has 3 amide bonds. The van der Waals surface area contributed by atoms with Gasteiger partial charge in [-0.25, -0.2) is 0 Å². The van der Waals surface area contributed by atoms with E-state index in [-0.39, 0.29) is 24.2 Å². The van der Waals surface area contributed by atoms with Crippen LogP contribution in [0.4, 0.5) is 32.0 Å². The molecule has 2 rings (SSSR count). The van der Waals surface area contributed by atoms with E-state index in [2.05, 4.69) is 5.32 Å². The lowest BCUT2D eigenvalue weighted by molar-refractivity contribution is -0.157. The van der Waals surface area contributed by atoms with Crippen molar-refractivity contribution in [1.82, 2.24) is 10.2 Å². The van der Waals surface area contributed by atoms with Crippen molar-refractivity contribution in [2.24, 2.45) is 5.92 Å². The van der Waals surface area contributed by atoms with Crippen LogP contribution in [0.1, 0.15) is 16.8 Å². The second kappa shape index (κ2) is 8.07. The van der Waals surface area contributed by atoms with Gasteiger partial charge >= 0.3 is 12.4 Å². The number of nitrogens with one attached hydrogen (secondary N) is 2. The molecule has 1 aliphatic rings. The molecule has 1 saturated heterocycles. The molecule has 0 aromatic heterocycles. The van der Waals surface area contributed by atoms with Crippen molar-refractivity contribution in [3.63, 3.8) is 0 Å². The van der Waals surface area contributed by atoms with Gasteiger partial charge < -0.3 is 15.5 Å². The first-order valence-electron chi connectivity index (χ1n) is 7.94. The normalized spacial score (nSPS) is 17.6. The average molecular weight is 411 g/mol. The first-order valence-corrected chi connectivity index (χ1v) is 7.94. The summed E-state index contributed by atoms with van der Waals surface area (Å²) in [4.78, 5) is 35.9. The molecular weight excluding hydrogens is 396 g/mol. The van der Waals surface area contributed by atoms with Crippen LogP contribution in [0.25, 0.3) is 0 Å². The maximum atomic E-state index is 12.4. The van der Waals surface area contributed by atoms with E-state index >= 15 is 0 Å². The summed E-state index contributed by atoms with van der Waals surface area (Å²) in [5.41, 5.74) is 0.105. The molecule has 1 aromatic rings. The van der Waals surface area contributed by atoms with E-state index in [1.807, 2.05) is 0 Å². The highest BCUT2D eigenvalue weighted by Gasteiger charge is 2.40. The molecule has 1 fully saturated rings. The molecule has 12 heteroatoms. The Morgan fingerprint density at radius 1 is 1.04 bits per heavy atom. The third-order valence-electron chi connectivity index (χ3n) is 3.82. The first-order chi connectivity index (χ1) is 12.8. The lowest BCUT2D eigenvalue weighted by Crippen LogP contribution is -2.36. The maximum absolute atomic E-state index is 12.4. The minimum absolute atomic E-state index is 0.0744. The Bertz CT molecular complexity index is 745. The molecule has 1 aliphatic heterocycles. The lowest BCUT2D eigenvalue weighted by atomic mass is 10.1. The fourth-order valence-corrected chi connectivity index (χ4v) is 2.55. The zero-order chi connectivity index (χ0) is 21.1. The first kappa shape index (κ1) is 21.5. The number of carbonyl (C=O) groups is 3. The number of likely N-dealkylation sites (tertiary alicyclic amines) is 1. The summed E-state index contributed by atoms with van der Waals surface area (Å²) in [6.45, 7) is -3.30. The van der Waals surface area contributed by atoms with Crippen LogP contribution in [0.3, 0.4) is 0 Å². The molecule has 0 aliphatic carbocycles. The van der Waals surface area contributed by atoms with E-state index in [0.717, 1.165) is 0 Å². The molecule has 1 unspecified atom stereocenters. The summed E-state index contributed by atoms with van der Waals surface area (Å²) in [7, 11) is 0. The van der Waals surface area contributed by atoms with E-state index in [4.69, 9.17) is 0 Å². The van der Waals surface area contributed by atoms with Gasteiger partial charge in [-0.2, -0.15) is 26.3 Å². The lowest BCUT2D eigenvalue weighted by Gasteiger charge is -2.18. The minimum atomic E-state index is -4.57. The second-order valence-electron chi connectivity index (χ2n) is 6.15. The number of rotatable bonds is 5. The molecule has 1 aromatic carbocycles. The quantitative estimate of drug-likeness (QED) is 0.731. The molecule has 0 saturated carbocycles. The van der Waals surface area contributed by atoms with Crippen LogP contribution in [-0.4, -0.2) is 54.6 Å². The standard InChI is InChI=1S/C16H15F6N3O3/c17-15(18,19)7-23-13(27)9-1-3-11(4-2-9)24-14(28)10-5-12(26)25(6-10)8-16(20,21)22/h1-4,10H,5-8H2,(H,23,27)(H,24,28). The van der Waals surface area contributed by atoms with Crippen LogP contribution in [-0.2, 0) is 9.59 Å². The highest BCUT2D eigenvalue weighted by Crippen LogP contribution is 2.25. The SMILES string of the molecule is O=C(NCC(F)(F)F)c1ccc(NC(=O)C2CC(=O)N(CC(F)(F)F)C2)cc1. The van der Waals surface area contributed by atoms with Crippen molar-refractivity contribution in [2.45, 2.75) is 18.8 Å². The molecule has 6 nitrogen and oxygen atoms in total. The fourth-order valence-electron chi connectivity index (χ4n) is 2.55. The highest BCUT2D eigenvalue weighted by atomic mass is 19.4. The molecule has 1 atom stereocenters. The van der Waals surface area contributed by atoms with Gasteiger partial charge in [-0.3, -0.25) is 14.4 Å². The predicted molar refractivity (Wildman–Crippen MR) is 84.2 cm³/mol. The number of hydrogen-bond donors (Lipinski definition) is 2. The summed E-state index contributed by atoms with van der Waals surface area (Å²) in [5.74, 6) is -3.38. The van der Waals surface area contributed by atoms with Gasteiger partial charge in [0, 0.05) is 24.2 Å². The number of alkyl halides is 6. The fraction of sp³-hybridized carbons (Fsp3) is 0.438. The molecule has 154 valence electrons. The van der Waals surface area contributed by atoms with Crippen LogP contribution in [0.15, 0.2) is 24.3 Å². The third kappa shape index (κ3) is 6.43. The monoisotopic (exact) mass is 411 g/mol. The van der Waals surface area contributed by atoms with Crippen molar-refractivity contribution in [3.8, 4) is 0 Å². The molecule has 28 heavy (non-hydrogen) atoms. The molecule has 2 N–H and O–H groups in total. The van der Waals surface area contributed by atoms with Crippen LogP contribution in [0.5, 0.6) is 0 Å². The summed E-state index contributed by atoms with van der Waals surface area (Å²) in [6.07, 6.45) is -9.48. The predicted octanol–water partition coefficient (Wildman–Crippen LogP) is 2.33. The largest absolute Gasteiger partial charge is 0.406 e. The van der Waals surface area contributed by atoms with Crippen molar-refractivity contribution in [2.75, 3.05) is 25.0 Å². The zero-order valence-electron chi connectivity index (χ0n) is 14.2. The van der Waals surface area contributed by atoms with Crippen molar-refractivity contribution in [1.29, 1.82) is 0 Å². The number of hydrogen-bond acceptors (Lipinski definition) is 3. The van der Waals surface area contributed by atoms with Gasteiger partial charge in [0.05, 0.1) is 5.92 Å². The van der Waals surface area contributed by atoms with Gasteiger partial charge in [-0.15, -0.1) is 0 Å². The van der Waals surface area contributed by atoms with Crippen LogP contribution in [0, 0.1) is 5.92 Å². The maximum Gasteiger partial charge on any atom is 0.406 e. The van der Waals surface area contributed by atoms with Gasteiger partial charge in [0.2, 0.25) is 11.8 Å². The number of carbonyl (C=O) groups excluding carboxylic acids is 3. The van der Waals surface area contributed by atoms with E-state index in [9.17, 15) is 40.7 Å². The van der Waals surface area contributed by atoms with Crippen molar-refractivity contribution in [3.05, 3.63) is 29.8 Å². The average Bonchev–Trinajstić information content (AvgIpc) is 2.92. The zero-order valence-corrected chi connectivity index (χ0v) is 14.2. The van der Waals surface area contributed by atoms with Gasteiger partial charge in [0.15, 0.2) is 0 Å². The van der Waals surface area contributed by atoms with Gasteiger partial charge in [-0.05, 0) is 24.3 Å². The van der Waals surface area contributed by atoms with Gasteiger partial charge in [0.25, 0.3) is 5.91 Å². The molecule has 0 radical (unpaired) electrons. The summed E-state index contributed by atoms with van der Waals surface area (Å²) in [6, 6.07) is 4.86. The molecule has 0 spiro atoms. The van der Waals surface area contributed by atoms with Gasteiger partial charge in [-0.1, -0.05) is 0 Å². The van der Waals surface area contributed by atoms with E-state index in [1.165, 1.54) is 24.3 Å². The summed E-state index contributed by atoms with van der Waals surface area (Å²) in [5, 5.41) is 4.09. The van der Waals surface area contributed by atoms with E-state index < -0.39 is 49.1 Å². The third-order valence-corrected chi connectivity index (χ3v) is 3.82. The van der Waals surface area contributed by atoms with E-state index in [0.29, 0.717) is 4.90 Å². The number of anilines is 1. The highest BCUT2D eigenvalue weighted by molar-refractivity contribution is 5.98. The van der Waals surface area contributed by atoms with Crippen molar-refractivity contribution >= 4 is 23.4 Å². The Hall–Kier alpha value is -2.79. The van der Waals surface area contributed by atoms with Crippen LogP contribution < -0.4 is 10.6 Å². The Balaban J connectivity index is 1.91. The Kier molecular flexibility index (Phi) is 6.20. The Labute approximate surface area is 154 Å². The molecule has 0 bridgehead atoms. The summed E-state index contributed by atoms with van der Waals surface area (Å²) >= 11 is 0. The van der Waals surface area contributed by atoms with Crippen LogP contribution in [0.2, 0.25) is 0 Å². The minimum Gasteiger partial charge on any atom is -0.343 e. The van der Waals surface area contributed by atoms with Gasteiger partial charge in [0.1, 0.15) is 13.1 Å².